The van der Waals surface area contributed by atoms with Crippen LogP contribution in [0.1, 0.15) is 17.0 Å². The Morgan fingerprint density at radius 2 is 2.00 bits per heavy atom. The van der Waals surface area contributed by atoms with Crippen LogP contribution in [0.15, 0.2) is 53.4 Å². The van der Waals surface area contributed by atoms with Crippen molar-refractivity contribution in [2.24, 2.45) is 0 Å². The fourth-order valence-corrected chi connectivity index (χ4v) is 3.35. The monoisotopic (exact) mass is 242 g/mol. The number of phenolic OH excluding ortho intramolecular Hbond substituents is 1. The van der Waals surface area contributed by atoms with Crippen molar-refractivity contribution in [3.8, 4) is 5.75 Å². The molecule has 2 heteroatoms. The highest BCUT2D eigenvalue weighted by molar-refractivity contribution is 7.99. The summed E-state index contributed by atoms with van der Waals surface area (Å²) in [5.41, 5.74) is 2.99. The highest BCUT2D eigenvalue weighted by Crippen LogP contribution is 2.38. The molecule has 0 saturated heterocycles. The number of fused-ring (bicyclic) bond motifs is 1. The minimum absolute atomic E-state index is 0.351. The predicted octanol–water partition coefficient (Wildman–Crippen LogP) is 3.82. The smallest absolute Gasteiger partial charge is 0.116 e. The molecule has 0 aliphatic heterocycles. The Bertz CT molecular complexity index is 536. The maximum atomic E-state index is 9.39. The van der Waals surface area contributed by atoms with Crippen molar-refractivity contribution in [3.05, 3.63) is 59.7 Å². The molecule has 1 unspecified atom stereocenters. The second-order valence-electron chi connectivity index (χ2n) is 4.41. The zero-order valence-corrected chi connectivity index (χ0v) is 10.3. The lowest BCUT2D eigenvalue weighted by Crippen LogP contribution is -2.18. The molecule has 1 aliphatic rings. The van der Waals surface area contributed by atoms with Crippen LogP contribution >= 0.6 is 11.8 Å². The first-order valence-corrected chi connectivity index (χ1v) is 6.81. The highest BCUT2D eigenvalue weighted by atomic mass is 32.2. The summed E-state index contributed by atoms with van der Waals surface area (Å²) >= 11 is 1.82. The lowest BCUT2D eigenvalue weighted by molar-refractivity contribution is 0.474. The number of aromatic hydroxyl groups is 1. The molecular formula is C15H14OS. The normalized spacial score (nSPS) is 17.3. The van der Waals surface area contributed by atoms with Crippen molar-refractivity contribution < 1.29 is 5.11 Å². The molecule has 2 aromatic rings. The van der Waals surface area contributed by atoms with E-state index in [0.29, 0.717) is 11.7 Å². The molecule has 0 spiro atoms. The quantitative estimate of drug-likeness (QED) is 0.826. The van der Waals surface area contributed by atoms with Crippen molar-refractivity contribution in [2.45, 2.75) is 17.2 Å². The second-order valence-corrected chi connectivity index (χ2v) is 5.50. The molecule has 1 N–H and O–H groups in total. The second kappa shape index (κ2) is 4.46. The summed E-state index contributed by atoms with van der Waals surface area (Å²) in [4.78, 5) is 1.15. The number of phenols is 1. The molecule has 17 heavy (non-hydrogen) atoms. The van der Waals surface area contributed by atoms with E-state index in [2.05, 4.69) is 30.3 Å². The standard InChI is InChI=1S/C15H14OS/c16-13-5-3-6-14(9-13)17-10-12-8-11-4-1-2-7-15(11)12/h1-7,9,12,16H,8,10H2. The minimum Gasteiger partial charge on any atom is -0.508 e. The van der Waals surface area contributed by atoms with Crippen molar-refractivity contribution in [1.29, 1.82) is 0 Å². The summed E-state index contributed by atoms with van der Waals surface area (Å²) in [6.07, 6.45) is 1.20. The van der Waals surface area contributed by atoms with Crippen LogP contribution in [-0.2, 0) is 6.42 Å². The summed E-state index contributed by atoms with van der Waals surface area (Å²) in [6.45, 7) is 0. The molecule has 2 aromatic carbocycles. The fraction of sp³-hybridized carbons (Fsp3) is 0.200. The van der Waals surface area contributed by atoms with Crippen LogP contribution in [0.4, 0.5) is 0 Å². The molecule has 1 atom stereocenters. The van der Waals surface area contributed by atoms with Crippen molar-refractivity contribution in [3.63, 3.8) is 0 Å². The molecule has 1 aliphatic carbocycles. The molecule has 1 nitrogen and oxygen atoms in total. The number of thioether (sulfide) groups is 1. The number of rotatable bonds is 3. The van der Waals surface area contributed by atoms with Gasteiger partial charge >= 0.3 is 0 Å². The van der Waals surface area contributed by atoms with E-state index in [1.54, 1.807) is 6.07 Å². The van der Waals surface area contributed by atoms with E-state index >= 15 is 0 Å². The van der Waals surface area contributed by atoms with E-state index < -0.39 is 0 Å². The van der Waals surface area contributed by atoms with E-state index in [-0.39, 0.29) is 0 Å². The van der Waals surface area contributed by atoms with Gasteiger partial charge in [0.05, 0.1) is 0 Å². The van der Waals surface area contributed by atoms with Crippen LogP contribution in [0.5, 0.6) is 5.75 Å². The molecule has 86 valence electrons. The first-order chi connectivity index (χ1) is 8.33. The van der Waals surface area contributed by atoms with Gasteiger partial charge in [-0.15, -0.1) is 11.8 Å². The van der Waals surface area contributed by atoms with Gasteiger partial charge in [-0.25, -0.2) is 0 Å². The lowest BCUT2D eigenvalue weighted by Gasteiger charge is -2.29. The van der Waals surface area contributed by atoms with Gasteiger partial charge in [-0.1, -0.05) is 30.3 Å². The van der Waals surface area contributed by atoms with Crippen LogP contribution in [0.25, 0.3) is 0 Å². The van der Waals surface area contributed by atoms with Crippen LogP contribution in [-0.4, -0.2) is 10.9 Å². The van der Waals surface area contributed by atoms with Gasteiger partial charge in [0, 0.05) is 10.6 Å². The molecule has 3 rings (SSSR count). The Hall–Kier alpha value is -1.41. The van der Waals surface area contributed by atoms with Crippen molar-refractivity contribution in [2.75, 3.05) is 5.75 Å². The number of hydrogen-bond donors (Lipinski definition) is 1. The van der Waals surface area contributed by atoms with E-state index in [9.17, 15) is 5.11 Å². The summed E-state index contributed by atoms with van der Waals surface area (Å²) in [5.74, 6) is 2.13. The van der Waals surface area contributed by atoms with Crippen LogP contribution in [0.3, 0.4) is 0 Å². The molecular weight excluding hydrogens is 228 g/mol. The first kappa shape index (κ1) is 10.7. The topological polar surface area (TPSA) is 20.2 Å². The third-order valence-electron chi connectivity index (χ3n) is 3.23. The summed E-state index contributed by atoms with van der Waals surface area (Å²) in [5, 5.41) is 9.39. The maximum absolute atomic E-state index is 9.39. The molecule has 0 bridgehead atoms. The molecule has 0 aromatic heterocycles. The van der Waals surface area contributed by atoms with Gasteiger partial charge in [-0.3, -0.25) is 0 Å². The van der Waals surface area contributed by atoms with Gasteiger partial charge < -0.3 is 5.11 Å². The van der Waals surface area contributed by atoms with Gasteiger partial charge in [-0.2, -0.15) is 0 Å². The van der Waals surface area contributed by atoms with Gasteiger partial charge in [0.25, 0.3) is 0 Å². The first-order valence-electron chi connectivity index (χ1n) is 5.82. The van der Waals surface area contributed by atoms with E-state index in [1.165, 1.54) is 17.5 Å². The zero-order chi connectivity index (χ0) is 11.7. The Kier molecular flexibility index (Phi) is 2.81. The average molecular weight is 242 g/mol. The number of hydrogen-bond acceptors (Lipinski definition) is 2. The molecule has 0 heterocycles. The van der Waals surface area contributed by atoms with Crippen molar-refractivity contribution >= 4 is 11.8 Å². The zero-order valence-electron chi connectivity index (χ0n) is 9.47. The van der Waals surface area contributed by atoms with Crippen LogP contribution in [0, 0.1) is 0 Å². The summed E-state index contributed by atoms with van der Waals surface area (Å²) in [6, 6.07) is 16.2. The van der Waals surface area contributed by atoms with Gasteiger partial charge in [0.15, 0.2) is 0 Å². The minimum atomic E-state index is 0.351. The van der Waals surface area contributed by atoms with Crippen molar-refractivity contribution in [1.82, 2.24) is 0 Å². The SMILES string of the molecule is Oc1cccc(SCC2Cc3ccccc32)c1. The predicted molar refractivity (Wildman–Crippen MR) is 71.7 cm³/mol. The highest BCUT2D eigenvalue weighted by Gasteiger charge is 2.24. The third kappa shape index (κ3) is 2.18. The Morgan fingerprint density at radius 1 is 1.12 bits per heavy atom. The molecule has 0 radical (unpaired) electrons. The maximum Gasteiger partial charge on any atom is 0.116 e. The molecule has 0 saturated carbocycles. The fourth-order valence-electron chi connectivity index (χ4n) is 2.28. The Morgan fingerprint density at radius 3 is 2.82 bits per heavy atom. The summed E-state index contributed by atoms with van der Waals surface area (Å²) in [7, 11) is 0. The van der Waals surface area contributed by atoms with Gasteiger partial charge in [0.2, 0.25) is 0 Å². The largest absolute Gasteiger partial charge is 0.508 e. The van der Waals surface area contributed by atoms with E-state index in [1.807, 2.05) is 23.9 Å². The van der Waals surface area contributed by atoms with Gasteiger partial charge in [-0.05, 0) is 41.7 Å². The third-order valence-corrected chi connectivity index (χ3v) is 4.39. The van der Waals surface area contributed by atoms with Crippen LogP contribution < -0.4 is 0 Å². The Labute approximate surface area is 105 Å². The van der Waals surface area contributed by atoms with E-state index in [4.69, 9.17) is 0 Å². The lowest BCUT2D eigenvalue weighted by atomic mass is 9.79. The number of benzene rings is 2. The van der Waals surface area contributed by atoms with E-state index in [0.717, 1.165) is 10.6 Å². The molecule has 0 amide bonds. The van der Waals surface area contributed by atoms with Crippen LogP contribution in [0.2, 0.25) is 0 Å². The Balaban J connectivity index is 1.64. The molecule has 0 fully saturated rings. The average Bonchev–Trinajstić information content (AvgIpc) is 2.30. The van der Waals surface area contributed by atoms with Gasteiger partial charge in [0.1, 0.15) is 5.75 Å². The summed E-state index contributed by atoms with van der Waals surface area (Å²) < 4.78 is 0.